The van der Waals surface area contributed by atoms with Crippen LogP contribution in [0, 0.1) is 0 Å². The van der Waals surface area contributed by atoms with Crippen LogP contribution in [0.25, 0.3) is 0 Å². The van der Waals surface area contributed by atoms with Crippen LogP contribution in [0.5, 0.6) is 0 Å². The van der Waals surface area contributed by atoms with E-state index in [2.05, 4.69) is 42.4 Å². The molecule has 1 aromatic carbocycles. The maximum atomic E-state index is 12.9. The Morgan fingerprint density at radius 1 is 1.11 bits per heavy atom. The molecule has 1 saturated heterocycles. The third kappa shape index (κ3) is 7.94. The van der Waals surface area contributed by atoms with Crippen molar-refractivity contribution < 1.29 is 18.0 Å². The lowest BCUT2D eigenvalue weighted by Gasteiger charge is -2.32. The number of benzene rings is 1. The second-order valence-electron chi connectivity index (χ2n) is 9.76. The normalized spacial score (nSPS) is 17.6. The number of nitrogens with one attached hydrogen (secondary N) is 3. The van der Waals surface area contributed by atoms with E-state index in [4.69, 9.17) is 0 Å². The van der Waals surface area contributed by atoms with Crippen molar-refractivity contribution in [2.45, 2.75) is 44.8 Å². The smallest absolute Gasteiger partial charge is 0.270 e. The van der Waals surface area contributed by atoms with Crippen LogP contribution in [0.4, 0.5) is 5.82 Å². The van der Waals surface area contributed by atoms with E-state index in [0.29, 0.717) is 25.5 Å². The van der Waals surface area contributed by atoms with E-state index in [1.54, 1.807) is 13.0 Å². The van der Waals surface area contributed by atoms with E-state index < -0.39 is 22.0 Å². The van der Waals surface area contributed by atoms with Crippen molar-refractivity contribution in [3.05, 3.63) is 53.5 Å². The molecule has 200 valence electrons. The number of hydrogen-bond acceptors (Lipinski definition) is 8. The van der Waals surface area contributed by atoms with Crippen molar-refractivity contribution in [3.8, 4) is 0 Å². The summed E-state index contributed by atoms with van der Waals surface area (Å²) < 4.78 is 26.6. The number of nitrogens with zero attached hydrogens (tertiary/aromatic N) is 4. The molecule has 2 amide bonds. The van der Waals surface area contributed by atoms with Crippen LogP contribution in [0.2, 0.25) is 0 Å². The molecule has 4 rings (SSSR count). The van der Waals surface area contributed by atoms with Gasteiger partial charge in [-0.3, -0.25) is 14.5 Å². The average molecular weight is 530 g/mol. The summed E-state index contributed by atoms with van der Waals surface area (Å²) in [7, 11) is -3.47. The van der Waals surface area contributed by atoms with Crippen LogP contribution in [0.15, 0.2) is 36.7 Å². The molecule has 0 aliphatic carbocycles. The molecule has 11 nitrogen and oxygen atoms in total. The fourth-order valence-electron chi connectivity index (χ4n) is 4.88. The van der Waals surface area contributed by atoms with Crippen LogP contribution in [0.1, 0.15) is 41.4 Å². The molecule has 1 unspecified atom stereocenters. The summed E-state index contributed by atoms with van der Waals surface area (Å²) in [6, 6.07) is 9.51. The van der Waals surface area contributed by atoms with E-state index in [9.17, 15) is 18.0 Å². The maximum Gasteiger partial charge on any atom is 0.270 e. The van der Waals surface area contributed by atoms with Gasteiger partial charge in [0.25, 0.3) is 5.91 Å². The summed E-state index contributed by atoms with van der Waals surface area (Å²) in [6.45, 7) is 5.09. The monoisotopic (exact) mass is 529 g/mol. The number of hydrogen-bond donors (Lipinski definition) is 3. The molecule has 3 N–H and O–H groups in total. The first-order chi connectivity index (χ1) is 17.7. The third-order valence-corrected chi connectivity index (χ3v) is 7.53. The van der Waals surface area contributed by atoms with E-state index in [0.717, 1.165) is 38.6 Å². The summed E-state index contributed by atoms with van der Waals surface area (Å²) in [6.07, 6.45) is 4.95. The molecule has 1 atom stereocenters. The van der Waals surface area contributed by atoms with Crippen LogP contribution >= 0.6 is 0 Å². The van der Waals surface area contributed by atoms with Crippen LogP contribution < -0.4 is 15.4 Å². The Hall–Kier alpha value is -3.09. The van der Waals surface area contributed by atoms with Crippen LogP contribution in [-0.2, 0) is 27.8 Å². The number of carbonyl (C=O) groups excluding carboxylic acids is 2. The number of amides is 2. The first-order valence-corrected chi connectivity index (χ1v) is 14.4. The molecule has 2 aliphatic heterocycles. The van der Waals surface area contributed by atoms with E-state index in [1.165, 1.54) is 17.5 Å². The van der Waals surface area contributed by atoms with Gasteiger partial charge >= 0.3 is 0 Å². The predicted molar refractivity (Wildman–Crippen MR) is 140 cm³/mol. The molecule has 12 heteroatoms. The Labute approximate surface area is 218 Å². The van der Waals surface area contributed by atoms with Gasteiger partial charge in [-0.25, -0.2) is 23.1 Å². The van der Waals surface area contributed by atoms with Gasteiger partial charge in [0, 0.05) is 58.3 Å². The van der Waals surface area contributed by atoms with E-state index >= 15 is 0 Å². The molecule has 2 aromatic rings. The van der Waals surface area contributed by atoms with Gasteiger partial charge in [-0.05, 0) is 30.4 Å². The summed E-state index contributed by atoms with van der Waals surface area (Å²) >= 11 is 0. The highest BCUT2D eigenvalue weighted by Gasteiger charge is 2.24. The molecule has 0 spiro atoms. The Bertz CT molecular complexity index is 1220. The van der Waals surface area contributed by atoms with Gasteiger partial charge in [0.1, 0.15) is 17.8 Å². The molecule has 2 aliphatic rings. The average Bonchev–Trinajstić information content (AvgIpc) is 2.86. The molecule has 3 heterocycles. The molecule has 0 radical (unpaired) electrons. The van der Waals surface area contributed by atoms with Crippen LogP contribution in [-0.4, -0.2) is 91.1 Å². The number of rotatable bonds is 9. The lowest BCUT2D eigenvalue weighted by atomic mass is 9.99. The van der Waals surface area contributed by atoms with E-state index in [1.807, 2.05) is 17.0 Å². The highest BCUT2D eigenvalue weighted by Crippen LogP contribution is 2.19. The first-order valence-electron chi connectivity index (χ1n) is 12.5. The molecule has 0 bridgehead atoms. The molecular weight excluding hydrogens is 494 g/mol. The number of aromatic nitrogens is 2. The number of anilines is 1. The Morgan fingerprint density at radius 2 is 1.84 bits per heavy atom. The van der Waals surface area contributed by atoms with Gasteiger partial charge in [-0.2, -0.15) is 0 Å². The molecule has 37 heavy (non-hydrogen) atoms. The second kappa shape index (κ2) is 12.0. The maximum absolute atomic E-state index is 12.9. The predicted octanol–water partition coefficient (Wildman–Crippen LogP) is 0.605. The SMILES string of the molecule is CC(=O)N1CCC(Nc2cc(C(=O)NCC(CN3CCc4ccccc4C3)NS(C)(=O)=O)ncn2)CC1. The minimum Gasteiger partial charge on any atom is -0.367 e. The number of sulfonamides is 1. The van der Waals surface area contributed by atoms with E-state index in [-0.39, 0.29) is 24.2 Å². The fourth-order valence-corrected chi connectivity index (χ4v) is 5.65. The largest absolute Gasteiger partial charge is 0.367 e. The zero-order chi connectivity index (χ0) is 26.4. The zero-order valence-electron chi connectivity index (χ0n) is 21.3. The van der Waals surface area contributed by atoms with Gasteiger partial charge in [-0.15, -0.1) is 0 Å². The van der Waals surface area contributed by atoms with Crippen LogP contribution in [0.3, 0.4) is 0 Å². The fraction of sp³-hybridized carbons (Fsp3) is 0.520. The summed E-state index contributed by atoms with van der Waals surface area (Å²) in [5.41, 5.74) is 2.75. The minimum atomic E-state index is -3.47. The van der Waals surface area contributed by atoms with Crippen molar-refractivity contribution in [1.29, 1.82) is 0 Å². The Balaban J connectivity index is 1.33. The minimum absolute atomic E-state index is 0.0770. The lowest BCUT2D eigenvalue weighted by molar-refractivity contribution is -0.129. The van der Waals surface area contributed by atoms with Crippen molar-refractivity contribution in [3.63, 3.8) is 0 Å². The van der Waals surface area contributed by atoms with Crippen molar-refractivity contribution >= 4 is 27.7 Å². The van der Waals surface area contributed by atoms with Gasteiger partial charge in [0.05, 0.1) is 12.3 Å². The number of carbonyl (C=O) groups is 2. The lowest BCUT2D eigenvalue weighted by Crippen LogP contribution is -2.50. The molecule has 1 aromatic heterocycles. The summed E-state index contributed by atoms with van der Waals surface area (Å²) in [5.74, 6) is 0.216. The summed E-state index contributed by atoms with van der Waals surface area (Å²) in [5, 5.41) is 6.15. The third-order valence-electron chi connectivity index (χ3n) is 6.77. The number of fused-ring (bicyclic) bond motifs is 1. The first kappa shape index (κ1) is 27.0. The number of likely N-dealkylation sites (tertiary alicyclic amines) is 1. The Kier molecular flexibility index (Phi) is 8.72. The highest BCUT2D eigenvalue weighted by molar-refractivity contribution is 7.88. The second-order valence-corrected chi connectivity index (χ2v) is 11.5. The molecular formula is C25H35N7O4S. The topological polar surface area (TPSA) is 137 Å². The Morgan fingerprint density at radius 3 is 2.54 bits per heavy atom. The van der Waals surface area contributed by atoms with Gasteiger partial charge in [0.15, 0.2) is 0 Å². The van der Waals surface area contributed by atoms with Crippen molar-refractivity contribution in [2.24, 2.45) is 0 Å². The molecule has 1 fully saturated rings. The zero-order valence-corrected chi connectivity index (χ0v) is 22.1. The quantitative estimate of drug-likeness (QED) is 0.430. The number of piperidine rings is 1. The highest BCUT2D eigenvalue weighted by atomic mass is 32.2. The molecule has 0 saturated carbocycles. The van der Waals surface area contributed by atoms with Gasteiger partial charge < -0.3 is 15.5 Å². The van der Waals surface area contributed by atoms with Crippen molar-refractivity contribution in [2.75, 3.05) is 44.3 Å². The van der Waals surface area contributed by atoms with Gasteiger partial charge in [-0.1, -0.05) is 24.3 Å². The van der Waals surface area contributed by atoms with Gasteiger partial charge in [0.2, 0.25) is 15.9 Å². The summed E-state index contributed by atoms with van der Waals surface area (Å²) in [4.78, 5) is 36.7. The standard InChI is InChI=1S/C25H35N7O4S/c1-18(33)32-11-8-21(9-12-32)29-24-13-23(27-17-28-24)25(34)26-14-22(30-37(2,35)36)16-31-10-7-19-5-3-4-6-20(19)15-31/h3-6,13,17,21-22,30H,7-12,14-16H2,1-2H3,(H,26,34)(H,27,28,29). The van der Waals surface area contributed by atoms with Crippen molar-refractivity contribution in [1.82, 2.24) is 29.8 Å².